The molecule has 1 heterocycles. The van der Waals surface area contributed by atoms with Crippen LogP contribution in [0.1, 0.15) is 43.9 Å². The van der Waals surface area contributed by atoms with Crippen molar-refractivity contribution in [3.8, 4) is 0 Å². The average molecular weight is 253 g/mol. The summed E-state index contributed by atoms with van der Waals surface area (Å²) in [6.45, 7) is 9.02. The van der Waals surface area contributed by atoms with Gasteiger partial charge in [0.15, 0.2) is 0 Å². The molecule has 0 saturated heterocycles. The summed E-state index contributed by atoms with van der Waals surface area (Å²) in [5.74, 6) is -0.531. The molecule has 1 aromatic rings. The molecule has 1 aromatic heterocycles. The van der Waals surface area contributed by atoms with E-state index in [1.807, 2.05) is 0 Å². The molecule has 5 nitrogen and oxygen atoms in total. The molecule has 0 bridgehead atoms. The van der Waals surface area contributed by atoms with Crippen LogP contribution in [-0.4, -0.2) is 28.8 Å². The lowest BCUT2D eigenvalue weighted by atomic mass is 10.2. The Balaban J connectivity index is 3.04. The Bertz CT molecular complexity index is 454. The van der Waals surface area contributed by atoms with Crippen molar-refractivity contribution in [2.75, 3.05) is 6.61 Å². The lowest BCUT2D eigenvalue weighted by molar-refractivity contribution is 0.0447. The third-order valence-electron chi connectivity index (χ3n) is 2.14. The van der Waals surface area contributed by atoms with Crippen molar-refractivity contribution >= 4 is 12.1 Å². The number of rotatable bonds is 2. The second kappa shape index (κ2) is 5.25. The first-order chi connectivity index (χ1) is 8.26. The van der Waals surface area contributed by atoms with Crippen LogP contribution in [0.2, 0.25) is 0 Å². The second-order valence-electron chi connectivity index (χ2n) is 4.90. The molecule has 0 aliphatic heterocycles. The van der Waals surface area contributed by atoms with Gasteiger partial charge >= 0.3 is 12.1 Å². The number of hydrogen-bond donors (Lipinski definition) is 0. The second-order valence-corrected chi connectivity index (χ2v) is 4.90. The number of aryl methyl sites for hydroxylation is 1. The van der Waals surface area contributed by atoms with E-state index in [0.717, 1.165) is 0 Å². The molecule has 0 radical (unpaired) electrons. The monoisotopic (exact) mass is 253 g/mol. The fourth-order valence-electron chi connectivity index (χ4n) is 1.45. The van der Waals surface area contributed by atoms with Gasteiger partial charge in [-0.05, 0) is 46.8 Å². The van der Waals surface area contributed by atoms with Crippen LogP contribution in [0.3, 0.4) is 0 Å². The van der Waals surface area contributed by atoms with Crippen LogP contribution in [0.15, 0.2) is 12.1 Å². The molecule has 0 N–H and O–H groups in total. The lowest BCUT2D eigenvalue weighted by Crippen LogP contribution is -2.29. The zero-order valence-electron chi connectivity index (χ0n) is 11.4. The fourth-order valence-corrected chi connectivity index (χ4v) is 1.45. The van der Waals surface area contributed by atoms with E-state index in [4.69, 9.17) is 9.47 Å². The molecule has 0 amide bonds. The van der Waals surface area contributed by atoms with Crippen LogP contribution < -0.4 is 0 Å². The molecular formula is C13H19NO4. The van der Waals surface area contributed by atoms with E-state index in [1.165, 1.54) is 4.57 Å². The highest BCUT2D eigenvalue weighted by atomic mass is 16.6. The number of hydrogen-bond acceptors (Lipinski definition) is 4. The number of nitrogens with zero attached hydrogens (tertiary/aromatic N) is 1. The fraction of sp³-hybridized carbons (Fsp3) is 0.538. The summed E-state index contributed by atoms with van der Waals surface area (Å²) in [6.07, 6.45) is -0.576. The summed E-state index contributed by atoms with van der Waals surface area (Å²) in [5.41, 5.74) is 0.204. The zero-order chi connectivity index (χ0) is 13.9. The summed E-state index contributed by atoms with van der Waals surface area (Å²) >= 11 is 0. The van der Waals surface area contributed by atoms with Crippen molar-refractivity contribution in [3.63, 3.8) is 0 Å². The van der Waals surface area contributed by atoms with Crippen LogP contribution in [0.4, 0.5) is 4.79 Å². The van der Waals surface area contributed by atoms with Gasteiger partial charge in [0.25, 0.3) is 0 Å². The van der Waals surface area contributed by atoms with Gasteiger partial charge in [-0.25, -0.2) is 14.2 Å². The molecule has 0 aromatic carbocycles. The van der Waals surface area contributed by atoms with Crippen molar-refractivity contribution in [3.05, 3.63) is 23.5 Å². The largest absolute Gasteiger partial charge is 0.461 e. The van der Waals surface area contributed by atoms with Gasteiger partial charge in [0.05, 0.1) is 6.61 Å². The van der Waals surface area contributed by atoms with Crippen molar-refractivity contribution in [1.82, 2.24) is 4.57 Å². The molecule has 0 aliphatic carbocycles. The molecule has 0 saturated carbocycles. The van der Waals surface area contributed by atoms with Gasteiger partial charge < -0.3 is 9.47 Å². The van der Waals surface area contributed by atoms with Crippen molar-refractivity contribution in [1.29, 1.82) is 0 Å². The Morgan fingerprint density at radius 2 is 1.89 bits per heavy atom. The summed E-state index contributed by atoms with van der Waals surface area (Å²) in [6, 6.07) is 3.23. The summed E-state index contributed by atoms with van der Waals surface area (Å²) in [7, 11) is 0. The van der Waals surface area contributed by atoms with Gasteiger partial charge in [-0.2, -0.15) is 0 Å². The molecule has 0 spiro atoms. The molecular weight excluding hydrogens is 234 g/mol. The predicted octanol–water partition coefficient (Wildman–Crippen LogP) is 2.76. The number of carbonyl (C=O) groups is 2. The Hall–Kier alpha value is -1.78. The van der Waals surface area contributed by atoms with E-state index < -0.39 is 17.7 Å². The molecule has 0 atom stereocenters. The van der Waals surface area contributed by atoms with Gasteiger partial charge in [0.2, 0.25) is 0 Å². The van der Waals surface area contributed by atoms with Crippen LogP contribution in [0.5, 0.6) is 0 Å². The van der Waals surface area contributed by atoms with E-state index >= 15 is 0 Å². The summed E-state index contributed by atoms with van der Waals surface area (Å²) < 4.78 is 11.4. The smallest absolute Gasteiger partial charge is 0.419 e. The minimum absolute atomic E-state index is 0.184. The molecule has 18 heavy (non-hydrogen) atoms. The first-order valence-corrected chi connectivity index (χ1v) is 5.85. The van der Waals surface area contributed by atoms with Gasteiger partial charge in [-0.3, -0.25) is 0 Å². The highest BCUT2D eigenvalue weighted by Crippen LogP contribution is 2.15. The van der Waals surface area contributed by atoms with Gasteiger partial charge in [-0.1, -0.05) is 0 Å². The van der Waals surface area contributed by atoms with Crippen molar-refractivity contribution in [2.45, 2.75) is 40.2 Å². The average Bonchev–Trinajstić information content (AvgIpc) is 2.58. The van der Waals surface area contributed by atoms with Gasteiger partial charge in [0.1, 0.15) is 11.3 Å². The SMILES string of the molecule is CCOC(=O)c1ccc(C)n1C(=O)OC(C)(C)C. The molecule has 1 rings (SSSR count). The van der Waals surface area contributed by atoms with E-state index in [2.05, 4.69) is 0 Å². The number of esters is 1. The maximum Gasteiger partial charge on any atom is 0.419 e. The van der Waals surface area contributed by atoms with E-state index in [1.54, 1.807) is 46.8 Å². The Morgan fingerprint density at radius 1 is 1.28 bits per heavy atom. The van der Waals surface area contributed by atoms with Crippen LogP contribution in [0, 0.1) is 6.92 Å². The molecule has 0 aliphatic rings. The normalized spacial score (nSPS) is 11.2. The van der Waals surface area contributed by atoms with Crippen LogP contribution in [-0.2, 0) is 9.47 Å². The van der Waals surface area contributed by atoms with E-state index in [0.29, 0.717) is 5.69 Å². The summed E-state index contributed by atoms with van der Waals surface area (Å²) in [4.78, 5) is 23.7. The minimum Gasteiger partial charge on any atom is -0.461 e. The molecule has 0 unspecified atom stereocenters. The first kappa shape index (κ1) is 14.3. The maximum absolute atomic E-state index is 12.0. The standard InChI is InChI=1S/C13H19NO4/c1-6-17-11(15)10-8-7-9(2)14(10)12(16)18-13(3,4)5/h7-8H,6H2,1-5H3. The summed E-state index contributed by atoms with van der Waals surface area (Å²) in [5, 5.41) is 0. The first-order valence-electron chi connectivity index (χ1n) is 5.85. The van der Waals surface area contributed by atoms with Gasteiger partial charge in [-0.15, -0.1) is 0 Å². The van der Waals surface area contributed by atoms with Crippen molar-refractivity contribution in [2.24, 2.45) is 0 Å². The third-order valence-corrected chi connectivity index (χ3v) is 2.14. The number of aromatic nitrogens is 1. The Morgan fingerprint density at radius 3 is 2.39 bits per heavy atom. The number of carbonyl (C=O) groups excluding carboxylic acids is 2. The molecule has 5 heteroatoms. The van der Waals surface area contributed by atoms with Crippen LogP contribution >= 0.6 is 0 Å². The highest BCUT2D eigenvalue weighted by molar-refractivity contribution is 5.92. The van der Waals surface area contributed by atoms with Crippen LogP contribution in [0.25, 0.3) is 0 Å². The van der Waals surface area contributed by atoms with Crippen molar-refractivity contribution < 1.29 is 19.1 Å². The third kappa shape index (κ3) is 3.35. The van der Waals surface area contributed by atoms with E-state index in [9.17, 15) is 9.59 Å². The highest BCUT2D eigenvalue weighted by Gasteiger charge is 2.24. The molecule has 100 valence electrons. The quantitative estimate of drug-likeness (QED) is 0.760. The molecule has 0 fully saturated rings. The Labute approximate surface area is 107 Å². The predicted molar refractivity (Wildman–Crippen MR) is 66.8 cm³/mol. The minimum atomic E-state index is -0.611. The zero-order valence-corrected chi connectivity index (χ0v) is 11.4. The Kier molecular flexibility index (Phi) is 4.16. The number of ether oxygens (including phenoxy) is 2. The van der Waals surface area contributed by atoms with Gasteiger partial charge in [0, 0.05) is 5.69 Å². The topological polar surface area (TPSA) is 57.5 Å². The lowest BCUT2D eigenvalue weighted by Gasteiger charge is -2.20. The van der Waals surface area contributed by atoms with E-state index in [-0.39, 0.29) is 12.3 Å². The maximum atomic E-state index is 12.0.